The van der Waals surface area contributed by atoms with E-state index in [9.17, 15) is 14.9 Å². The third-order valence-corrected chi connectivity index (χ3v) is 6.69. The molecule has 0 saturated carbocycles. The summed E-state index contributed by atoms with van der Waals surface area (Å²) in [5, 5.41) is 19.3. The Labute approximate surface area is 203 Å². The molecule has 4 rings (SSSR count). The summed E-state index contributed by atoms with van der Waals surface area (Å²) in [6, 6.07) is 23.2. The van der Waals surface area contributed by atoms with Gasteiger partial charge in [0.15, 0.2) is 0 Å². The summed E-state index contributed by atoms with van der Waals surface area (Å²) < 4.78 is 29.6. The molecule has 0 spiro atoms. The molecule has 2 atom stereocenters. The molecule has 34 heavy (non-hydrogen) atoms. The molecule has 0 unspecified atom stereocenters. The number of likely N-dealkylation sites (tertiary alicyclic amines) is 1. The van der Waals surface area contributed by atoms with E-state index in [0.717, 1.165) is 17.2 Å². The highest BCUT2D eigenvalue weighted by atomic mass is 35.5. The standard InChI is InChI=1S/C28H24ClF2N3/c1-28(2,31)26(22-11-19(15-33)12-25(30)13-22)23-16-34(17-23)27(20-6-8-24(29)9-7-20)21-5-3-4-18(10-21)14-32/h3-13,23,26-27H,16-17H2,1-2H3/t26-,27-/m0/s1. The second kappa shape index (κ2) is 9.55. The molecule has 0 radical (unpaired) electrons. The fourth-order valence-corrected chi connectivity index (χ4v) is 5.22. The Balaban J connectivity index is 1.66. The van der Waals surface area contributed by atoms with Crippen molar-refractivity contribution in [2.24, 2.45) is 5.92 Å². The van der Waals surface area contributed by atoms with Crippen LogP contribution in [0.3, 0.4) is 0 Å². The van der Waals surface area contributed by atoms with E-state index < -0.39 is 17.4 Å². The Kier molecular flexibility index (Phi) is 6.71. The minimum atomic E-state index is -1.60. The van der Waals surface area contributed by atoms with Gasteiger partial charge < -0.3 is 0 Å². The summed E-state index contributed by atoms with van der Waals surface area (Å²) in [5.74, 6) is -1.17. The Morgan fingerprint density at radius 3 is 2.18 bits per heavy atom. The number of nitriles is 2. The van der Waals surface area contributed by atoms with Gasteiger partial charge in [-0.05, 0) is 78.9 Å². The molecule has 0 aromatic heterocycles. The third kappa shape index (κ3) is 4.97. The number of hydrogen-bond acceptors (Lipinski definition) is 3. The van der Waals surface area contributed by atoms with Gasteiger partial charge in [-0.3, -0.25) is 4.90 Å². The molecule has 3 aromatic rings. The van der Waals surface area contributed by atoms with E-state index in [1.54, 1.807) is 12.1 Å². The fourth-order valence-electron chi connectivity index (χ4n) is 5.09. The van der Waals surface area contributed by atoms with E-state index in [0.29, 0.717) is 29.2 Å². The highest BCUT2D eigenvalue weighted by Crippen LogP contribution is 2.45. The smallest absolute Gasteiger partial charge is 0.124 e. The van der Waals surface area contributed by atoms with Crippen LogP contribution in [-0.2, 0) is 0 Å². The molecular weight excluding hydrogens is 452 g/mol. The quantitative estimate of drug-likeness (QED) is 0.395. The normalized spacial score (nSPS) is 16.2. The number of alkyl halides is 1. The van der Waals surface area contributed by atoms with E-state index in [1.807, 2.05) is 48.5 Å². The molecule has 1 fully saturated rings. The van der Waals surface area contributed by atoms with Gasteiger partial charge in [0.1, 0.15) is 11.5 Å². The first kappa shape index (κ1) is 23.9. The minimum Gasteiger partial charge on any atom is -0.292 e. The number of halogens is 3. The molecule has 0 N–H and O–H groups in total. The Morgan fingerprint density at radius 1 is 0.912 bits per heavy atom. The molecule has 6 heteroatoms. The second-order valence-electron chi connectivity index (χ2n) is 9.33. The summed E-state index contributed by atoms with van der Waals surface area (Å²) in [5.41, 5.74) is 1.64. The Bertz CT molecular complexity index is 1260. The number of rotatable bonds is 6. The van der Waals surface area contributed by atoms with Crippen molar-refractivity contribution < 1.29 is 8.78 Å². The molecule has 0 amide bonds. The van der Waals surface area contributed by atoms with Gasteiger partial charge in [0, 0.05) is 24.0 Å². The first-order chi connectivity index (χ1) is 16.2. The van der Waals surface area contributed by atoms with Gasteiger partial charge in [0.2, 0.25) is 0 Å². The minimum absolute atomic E-state index is 0.0673. The molecule has 3 nitrogen and oxygen atoms in total. The predicted octanol–water partition coefficient (Wildman–Crippen LogP) is 6.78. The predicted molar refractivity (Wildman–Crippen MR) is 129 cm³/mol. The van der Waals surface area contributed by atoms with Gasteiger partial charge >= 0.3 is 0 Å². The lowest BCUT2D eigenvalue weighted by Crippen LogP contribution is -2.53. The SMILES string of the molecule is CC(C)(F)[C@@H](c1cc(F)cc(C#N)c1)C1CN([C@@H](c2ccc(Cl)cc2)c2cccc(C#N)c2)C1. The molecule has 1 aliphatic heterocycles. The zero-order chi connectivity index (χ0) is 24.5. The average molecular weight is 476 g/mol. The van der Waals surface area contributed by atoms with Crippen molar-refractivity contribution in [2.45, 2.75) is 31.5 Å². The van der Waals surface area contributed by atoms with Gasteiger partial charge in [-0.2, -0.15) is 10.5 Å². The first-order valence-corrected chi connectivity index (χ1v) is 11.5. The molecular formula is C28H24ClF2N3. The van der Waals surface area contributed by atoms with Crippen LogP contribution in [0.5, 0.6) is 0 Å². The molecule has 0 bridgehead atoms. The van der Waals surface area contributed by atoms with Gasteiger partial charge in [-0.1, -0.05) is 35.9 Å². The van der Waals surface area contributed by atoms with Crippen LogP contribution in [0, 0.1) is 34.4 Å². The van der Waals surface area contributed by atoms with Crippen molar-refractivity contribution >= 4 is 11.6 Å². The van der Waals surface area contributed by atoms with Crippen molar-refractivity contribution in [3.8, 4) is 12.1 Å². The van der Waals surface area contributed by atoms with E-state index in [-0.39, 0.29) is 17.5 Å². The largest absolute Gasteiger partial charge is 0.292 e. The highest BCUT2D eigenvalue weighted by molar-refractivity contribution is 6.30. The summed E-state index contributed by atoms with van der Waals surface area (Å²) in [6.45, 7) is 4.18. The summed E-state index contributed by atoms with van der Waals surface area (Å²) in [6.07, 6.45) is 0. The molecule has 0 aliphatic carbocycles. The van der Waals surface area contributed by atoms with Crippen LogP contribution in [0.25, 0.3) is 0 Å². The zero-order valence-corrected chi connectivity index (χ0v) is 19.7. The molecule has 1 saturated heterocycles. The Morgan fingerprint density at radius 2 is 1.56 bits per heavy atom. The first-order valence-electron chi connectivity index (χ1n) is 11.1. The maximum absolute atomic E-state index is 15.4. The van der Waals surface area contributed by atoms with Crippen molar-refractivity contribution in [3.63, 3.8) is 0 Å². The van der Waals surface area contributed by atoms with E-state index >= 15 is 4.39 Å². The van der Waals surface area contributed by atoms with Crippen LogP contribution in [0.1, 0.15) is 53.6 Å². The van der Waals surface area contributed by atoms with Crippen molar-refractivity contribution in [1.29, 1.82) is 10.5 Å². The number of benzene rings is 3. The molecule has 1 aliphatic rings. The van der Waals surface area contributed by atoms with Crippen LogP contribution in [0.2, 0.25) is 5.02 Å². The van der Waals surface area contributed by atoms with Gasteiger partial charge in [-0.15, -0.1) is 0 Å². The third-order valence-electron chi connectivity index (χ3n) is 6.44. The molecule has 1 heterocycles. The lowest BCUT2D eigenvalue weighted by Gasteiger charge is -2.50. The average Bonchev–Trinajstić information content (AvgIpc) is 2.77. The maximum Gasteiger partial charge on any atom is 0.124 e. The van der Waals surface area contributed by atoms with Crippen molar-refractivity contribution in [2.75, 3.05) is 13.1 Å². The summed E-state index contributed by atoms with van der Waals surface area (Å²) in [4.78, 5) is 2.23. The van der Waals surface area contributed by atoms with E-state index in [1.165, 1.54) is 19.9 Å². The van der Waals surface area contributed by atoms with Gasteiger partial charge in [0.25, 0.3) is 0 Å². The van der Waals surface area contributed by atoms with Crippen molar-refractivity contribution in [1.82, 2.24) is 4.90 Å². The zero-order valence-electron chi connectivity index (χ0n) is 19.0. The van der Waals surface area contributed by atoms with Crippen LogP contribution >= 0.6 is 11.6 Å². The number of nitrogens with zero attached hydrogens (tertiary/aromatic N) is 3. The van der Waals surface area contributed by atoms with Gasteiger partial charge in [0.05, 0.1) is 29.3 Å². The van der Waals surface area contributed by atoms with E-state index in [4.69, 9.17) is 11.6 Å². The summed E-state index contributed by atoms with van der Waals surface area (Å²) >= 11 is 6.11. The topological polar surface area (TPSA) is 50.8 Å². The fraction of sp³-hybridized carbons (Fsp3) is 0.286. The van der Waals surface area contributed by atoms with Crippen LogP contribution in [-0.4, -0.2) is 23.7 Å². The van der Waals surface area contributed by atoms with Crippen LogP contribution in [0.15, 0.2) is 66.7 Å². The van der Waals surface area contributed by atoms with Gasteiger partial charge in [-0.25, -0.2) is 8.78 Å². The molecule has 172 valence electrons. The van der Waals surface area contributed by atoms with Crippen LogP contribution < -0.4 is 0 Å². The summed E-state index contributed by atoms with van der Waals surface area (Å²) in [7, 11) is 0. The van der Waals surface area contributed by atoms with Crippen LogP contribution in [0.4, 0.5) is 8.78 Å². The number of hydrogen-bond donors (Lipinski definition) is 0. The lowest BCUT2D eigenvalue weighted by molar-refractivity contribution is 0.00812. The second-order valence-corrected chi connectivity index (χ2v) is 9.77. The van der Waals surface area contributed by atoms with E-state index in [2.05, 4.69) is 11.0 Å². The maximum atomic E-state index is 15.4. The monoisotopic (exact) mass is 475 g/mol. The van der Waals surface area contributed by atoms with Crippen molar-refractivity contribution in [3.05, 3.63) is 105 Å². The lowest BCUT2D eigenvalue weighted by atomic mass is 9.72. The molecule has 3 aromatic carbocycles. The Hall–Kier alpha value is -3.25. The highest BCUT2D eigenvalue weighted by Gasteiger charge is 2.45.